The first-order chi connectivity index (χ1) is 15.5. The Labute approximate surface area is 191 Å². The summed E-state index contributed by atoms with van der Waals surface area (Å²) >= 11 is 0. The highest BCUT2D eigenvalue weighted by atomic mass is 16.5. The molecule has 5 nitrogen and oxygen atoms in total. The molecule has 1 aliphatic heterocycles. The molecule has 4 rings (SSSR count). The van der Waals surface area contributed by atoms with Gasteiger partial charge in [0.15, 0.2) is 17.3 Å². The SMILES string of the molecule is CCCC[N+]1(C)CCN(c2ccc(C=C3Cc4cc(OC)c(OC)cc4C3=O)cc2)CC1. The number of ketones is 1. The second-order valence-electron chi connectivity index (χ2n) is 9.26. The molecule has 170 valence electrons. The Morgan fingerprint density at radius 1 is 1.03 bits per heavy atom. The molecule has 0 N–H and O–H groups in total. The first-order valence-corrected chi connectivity index (χ1v) is 11.6. The van der Waals surface area contributed by atoms with Crippen molar-refractivity contribution in [2.45, 2.75) is 26.2 Å². The van der Waals surface area contributed by atoms with E-state index in [1.54, 1.807) is 20.3 Å². The third-order valence-electron chi connectivity index (χ3n) is 7.00. The Morgan fingerprint density at radius 2 is 1.69 bits per heavy atom. The monoisotopic (exact) mass is 435 g/mol. The van der Waals surface area contributed by atoms with Crippen molar-refractivity contribution in [1.82, 2.24) is 0 Å². The fourth-order valence-corrected chi connectivity index (χ4v) is 4.81. The van der Waals surface area contributed by atoms with Crippen LogP contribution in [0.4, 0.5) is 5.69 Å². The lowest BCUT2D eigenvalue weighted by Crippen LogP contribution is -2.57. The summed E-state index contributed by atoms with van der Waals surface area (Å²) in [6, 6.07) is 12.3. The first-order valence-electron chi connectivity index (χ1n) is 11.6. The van der Waals surface area contributed by atoms with Crippen molar-refractivity contribution in [1.29, 1.82) is 0 Å². The van der Waals surface area contributed by atoms with Gasteiger partial charge in [-0.3, -0.25) is 4.79 Å². The molecule has 0 radical (unpaired) electrons. The molecule has 0 saturated carbocycles. The van der Waals surface area contributed by atoms with Gasteiger partial charge in [0.2, 0.25) is 0 Å². The number of Topliss-reactive ketones (excluding diaryl/α,β-unsaturated/α-hetero) is 1. The van der Waals surface area contributed by atoms with Gasteiger partial charge in [0.25, 0.3) is 0 Å². The number of carbonyl (C=O) groups is 1. The molecule has 5 heteroatoms. The number of quaternary nitrogens is 1. The average Bonchev–Trinajstić information content (AvgIpc) is 3.12. The minimum atomic E-state index is 0.0743. The van der Waals surface area contributed by atoms with Gasteiger partial charge in [-0.1, -0.05) is 25.5 Å². The van der Waals surface area contributed by atoms with E-state index in [-0.39, 0.29) is 5.78 Å². The van der Waals surface area contributed by atoms with Gasteiger partial charge in [-0.2, -0.15) is 0 Å². The van der Waals surface area contributed by atoms with Gasteiger partial charge < -0.3 is 18.9 Å². The summed E-state index contributed by atoms with van der Waals surface area (Å²) in [5.41, 5.74) is 4.84. The van der Waals surface area contributed by atoms with Gasteiger partial charge in [-0.05, 0) is 47.9 Å². The highest BCUT2D eigenvalue weighted by Gasteiger charge is 2.29. The van der Waals surface area contributed by atoms with Crippen LogP contribution in [0.1, 0.15) is 41.3 Å². The summed E-state index contributed by atoms with van der Waals surface area (Å²) in [5.74, 6) is 1.33. The maximum atomic E-state index is 12.9. The molecule has 32 heavy (non-hydrogen) atoms. The summed E-state index contributed by atoms with van der Waals surface area (Å²) in [6.07, 6.45) is 5.21. The number of anilines is 1. The van der Waals surface area contributed by atoms with Crippen LogP contribution in [-0.2, 0) is 6.42 Å². The van der Waals surface area contributed by atoms with E-state index in [0.29, 0.717) is 23.5 Å². The van der Waals surface area contributed by atoms with Crippen molar-refractivity contribution >= 4 is 17.5 Å². The Hall–Kier alpha value is -2.79. The quantitative estimate of drug-likeness (QED) is 0.471. The first kappa shape index (κ1) is 22.4. The summed E-state index contributed by atoms with van der Waals surface area (Å²) < 4.78 is 11.9. The van der Waals surface area contributed by atoms with Gasteiger partial charge in [0.05, 0.1) is 54.0 Å². The molecule has 2 aromatic carbocycles. The van der Waals surface area contributed by atoms with E-state index < -0.39 is 0 Å². The molecule has 1 fully saturated rings. The van der Waals surface area contributed by atoms with Crippen molar-refractivity contribution < 1.29 is 18.8 Å². The van der Waals surface area contributed by atoms with Crippen molar-refractivity contribution in [2.75, 3.05) is 58.9 Å². The molecular weight excluding hydrogens is 400 g/mol. The summed E-state index contributed by atoms with van der Waals surface area (Å²) in [4.78, 5) is 15.4. The number of methoxy groups -OCH3 is 2. The molecule has 0 unspecified atom stereocenters. The molecule has 0 aromatic heterocycles. The molecule has 1 heterocycles. The molecule has 0 amide bonds. The zero-order chi connectivity index (χ0) is 22.7. The number of likely N-dealkylation sites (N-methyl/N-ethyl adjacent to an activating group) is 1. The van der Waals surface area contributed by atoms with E-state index in [4.69, 9.17) is 9.47 Å². The van der Waals surface area contributed by atoms with Crippen molar-refractivity contribution in [3.8, 4) is 11.5 Å². The highest BCUT2D eigenvalue weighted by Crippen LogP contribution is 2.37. The van der Waals surface area contributed by atoms with Crippen molar-refractivity contribution in [3.63, 3.8) is 0 Å². The minimum absolute atomic E-state index is 0.0743. The van der Waals surface area contributed by atoms with E-state index >= 15 is 0 Å². The molecule has 0 bridgehead atoms. The summed E-state index contributed by atoms with van der Waals surface area (Å²) in [7, 11) is 5.60. The molecule has 1 saturated heterocycles. The number of unbranched alkanes of at least 4 members (excludes halogenated alkanes) is 1. The molecule has 2 aromatic rings. The fourth-order valence-electron chi connectivity index (χ4n) is 4.81. The third-order valence-corrected chi connectivity index (χ3v) is 7.00. The van der Waals surface area contributed by atoms with Crippen LogP contribution in [0.2, 0.25) is 0 Å². The maximum absolute atomic E-state index is 12.9. The Bertz CT molecular complexity index is 1000. The minimum Gasteiger partial charge on any atom is -0.493 e. The Morgan fingerprint density at radius 3 is 2.31 bits per heavy atom. The molecule has 0 spiro atoms. The van der Waals surface area contributed by atoms with Crippen LogP contribution in [0.5, 0.6) is 11.5 Å². The smallest absolute Gasteiger partial charge is 0.189 e. The second-order valence-corrected chi connectivity index (χ2v) is 9.26. The number of hydrogen-bond acceptors (Lipinski definition) is 4. The second kappa shape index (κ2) is 9.37. The van der Waals surface area contributed by atoms with Crippen LogP contribution in [0.3, 0.4) is 0 Å². The van der Waals surface area contributed by atoms with Crippen molar-refractivity contribution in [3.05, 3.63) is 58.7 Å². The molecular formula is C27H35N2O3+. The van der Waals surface area contributed by atoms with Gasteiger partial charge >= 0.3 is 0 Å². The number of ether oxygens (including phenoxy) is 2. The Kier molecular flexibility index (Phi) is 6.56. The number of nitrogens with zero attached hydrogens (tertiary/aromatic N) is 2. The summed E-state index contributed by atoms with van der Waals surface area (Å²) in [5, 5.41) is 0. The van der Waals surface area contributed by atoms with E-state index in [2.05, 4.69) is 43.1 Å². The number of fused-ring (bicyclic) bond motifs is 1. The third kappa shape index (κ3) is 4.53. The van der Waals surface area contributed by atoms with E-state index in [1.807, 2.05) is 12.1 Å². The topological polar surface area (TPSA) is 38.8 Å². The predicted octanol–water partition coefficient (Wildman–Crippen LogP) is 4.59. The predicted molar refractivity (Wildman–Crippen MR) is 130 cm³/mol. The van der Waals surface area contributed by atoms with Crippen LogP contribution in [0, 0.1) is 0 Å². The van der Waals surface area contributed by atoms with E-state index in [1.165, 1.54) is 42.6 Å². The zero-order valence-corrected chi connectivity index (χ0v) is 19.8. The van der Waals surface area contributed by atoms with E-state index in [0.717, 1.165) is 29.8 Å². The normalized spacial score (nSPS) is 18.7. The van der Waals surface area contributed by atoms with Crippen molar-refractivity contribution in [2.24, 2.45) is 0 Å². The Balaban J connectivity index is 1.44. The van der Waals surface area contributed by atoms with Crippen LogP contribution in [0.25, 0.3) is 6.08 Å². The van der Waals surface area contributed by atoms with E-state index in [9.17, 15) is 4.79 Å². The standard InChI is InChI=1S/C27H35N2O3/c1-5-6-13-29(2)14-11-28(12-15-29)23-9-7-20(8-10-23)16-22-17-21-18-25(31-3)26(32-4)19-24(21)27(22)30/h7-10,16,18-19H,5-6,11-15,17H2,1-4H3/q+1. The van der Waals surface area contributed by atoms with Crippen LogP contribution < -0.4 is 14.4 Å². The van der Waals surface area contributed by atoms with Gasteiger partial charge in [0.1, 0.15) is 0 Å². The lowest BCUT2D eigenvalue weighted by molar-refractivity contribution is -0.910. The fraction of sp³-hybridized carbons (Fsp3) is 0.444. The molecule has 0 atom stereocenters. The zero-order valence-electron chi connectivity index (χ0n) is 19.8. The number of benzene rings is 2. The van der Waals surface area contributed by atoms with Gasteiger partial charge in [-0.15, -0.1) is 0 Å². The number of allylic oxidation sites excluding steroid dienone is 1. The highest BCUT2D eigenvalue weighted by molar-refractivity contribution is 6.15. The number of rotatable bonds is 7. The van der Waals surface area contributed by atoms with Gasteiger partial charge in [0, 0.05) is 23.2 Å². The number of hydrogen-bond donors (Lipinski definition) is 0. The van der Waals surface area contributed by atoms with Crippen LogP contribution in [0.15, 0.2) is 42.0 Å². The number of piperazine rings is 1. The largest absolute Gasteiger partial charge is 0.493 e. The average molecular weight is 436 g/mol. The van der Waals surface area contributed by atoms with Gasteiger partial charge in [-0.25, -0.2) is 0 Å². The maximum Gasteiger partial charge on any atom is 0.189 e. The molecule has 2 aliphatic rings. The van der Waals surface area contributed by atoms with Crippen LogP contribution >= 0.6 is 0 Å². The summed E-state index contributed by atoms with van der Waals surface area (Å²) in [6.45, 7) is 8.14. The number of carbonyl (C=O) groups excluding carboxylic acids is 1. The van der Waals surface area contributed by atoms with Crippen LogP contribution in [-0.4, -0.2) is 64.3 Å². The lowest BCUT2D eigenvalue weighted by Gasteiger charge is -2.43. The lowest BCUT2D eigenvalue weighted by atomic mass is 10.1. The molecule has 1 aliphatic carbocycles.